The molecule has 2 aromatic rings. The average molecular weight is 382 g/mol. The van der Waals surface area contributed by atoms with E-state index in [9.17, 15) is 9.59 Å². The zero-order valence-corrected chi connectivity index (χ0v) is 16.2. The molecule has 148 valence electrons. The molecule has 6 heteroatoms. The van der Waals surface area contributed by atoms with Gasteiger partial charge in [-0.2, -0.15) is 0 Å². The van der Waals surface area contributed by atoms with Crippen molar-refractivity contribution < 1.29 is 18.9 Å². The zero-order chi connectivity index (χ0) is 19.3. The summed E-state index contributed by atoms with van der Waals surface area (Å²) < 4.78 is 5.20. The molecule has 0 atom stereocenters. The van der Waals surface area contributed by atoms with Gasteiger partial charge in [0.05, 0.1) is 32.4 Å². The summed E-state index contributed by atoms with van der Waals surface area (Å²) in [5.74, 6) is 0.608. The third-order valence-corrected chi connectivity index (χ3v) is 5.94. The molecule has 0 bridgehead atoms. The van der Waals surface area contributed by atoms with E-state index in [0.717, 1.165) is 45.6 Å². The fourth-order valence-electron chi connectivity index (χ4n) is 4.25. The average Bonchev–Trinajstić information content (AvgIpc) is 3.29. The summed E-state index contributed by atoms with van der Waals surface area (Å²) in [5.41, 5.74) is 1.35. The minimum atomic E-state index is -0.0750. The third-order valence-electron chi connectivity index (χ3n) is 5.94. The molecule has 2 aliphatic heterocycles. The molecule has 3 heterocycles. The molecular weight excluding hydrogens is 354 g/mol. The van der Waals surface area contributed by atoms with Crippen LogP contribution in [-0.4, -0.2) is 60.9 Å². The maximum atomic E-state index is 12.9. The SMILES string of the molecule is O=C(c1ccco1)N1CCC(C(=O)N2CC[NH+](Cc3ccccc3)CC2)CC1. The van der Waals surface area contributed by atoms with Crippen LogP contribution in [0.5, 0.6) is 0 Å². The lowest BCUT2D eigenvalue weighted by molar-refractivity contribution is -0.917. The number of hydrogen-bond donors (Lipinski definition) is 1. The van der Waals surface area contributed by atoms with E-state index in [1.165, 1.54) is 16.7 Å². The molecule has 0 aliphatic carbocycles. The first-order valence-electron chi connectivity index (χ1n) is 10.2. The maximum Gasteiger partial charge on any atom is 0.289 e. The van der Waals surface area contributed by atoms with Crippen molar-refractivity contribution in [3.05, 3.63) is 60.1 Å². The largest absolute Gasteiger partial charge is 0.459 e. The van der Waals surface area contributed by atoms with Gasteiger partial charge in [0, 0.05) is 24.6 Å². The van der Waals surface area contributed by atoms with E-state index in [-0.39, 0.29) is 17.7 Å². The van der Waals surface area contributed by atoms with Crippen molar-refractivity contribution in [3.8, 4) is 0 Å². The Kier molecular flexibility index (Phi) is 5.76. The van der Waals surface area contributed by atoms with Gasteiger partial charge in [-0.1, -0.05) is 30.3 Å². The highest BCUT2D eigenvalue weighted by atomic mass is 16.3. The van der Waals surface area contributed by atoms with Gasteiger partial charge in [-0.25, -0.2) is 0 Å². The van der Waals surface area contributed by atoms with Crippen LogP contribution in [0.1, 0.15) is 29.0 Å². The molecule has 1 N–H and O–H groups in total. The fourth-order valence-corrected chi connectivity index (χ4v) is 4.25. The van der Waals surface area contributed by atoms with Gasteiger partial charge >= 0.3 is 0 Å². The Morgan fingerprint density at radius 2 is 1.64 bits per heavy atom. The van der Waals surface area contributed by atoms with Crippen LogP contribution in [0.2, 0.25) is 0 Å². The normalized spacial score (nSPS) is 19.0. The van der Waals surface area contributed by atoms with Crippen LogP contribution >= 0.6 is 0 Å². The summed E-state index contributed by atoms with van der Waals surface area (Å²) in [5, 5.41) is 0. The number of likely N-dealkylation sites (tertiary alicyclic amines) is 1. The Labute approximate surface area is 165 Å². The number of carbonyl (C=O) groups excluding carboxylic acids is 2. The summed E-state index contributed by atoms with van der Waals surface area (Å²) in [6, 6.07) is 14.0. The van der Waals surface area contributed by atoms with Gasteiger partial charge in [0.15, 0.2) is 5.76 Å². The van der Waals surface area contributed by atoms with Crippen LogP contribution in [0.25, 0.3) is 0 Å². The highest BCUT2D eigenvalue weighted by Crippen LogP contribution is 2.21. The monoisotopic (exact) mass is 382 g/mol. The molecule has 6 nitrogen and oxygen atoms in total. The lowest BCUT2D eigenvalue weighted by atomic mass is 9.94. The number of amides is 2. The van der Waals surface area contributed by atoms with Crippen LogP contribution in [0.15, 0.2) is 53.1 Å². The minimum Gasteiger partial charge on any atom is -0.459 e. The predicted octanol–water partition coefficient (Wildman–Crippen LogP) is 1.06. The quantitative estimate of drug-likeness (QED) is 0.860. The summed E-state index contributed by atoms with van der Waals surface area (Å²) in [6.45, 7) is 5.91. The van der Waals surface area contributed by atoms with Crippen molar-refractivity contribution in [2.75, 3.05) is 39.3 Å². The van der Waals surface area contributed by atoms with Gasteiger partial charge in [-0.05, 0) is 25.0 Å². The molecule has 0 unspecified atom stereocenters. The number of nitrogens with one attached hydrogen (secondary N) is 1. The number of furan rings is 1. The van der Waals surface area contributed by atoms with Crippen LogP contribution < -0.4 is 4.90 Å². The first-order valence-corrected chi connectivity index (χ1v) is 10.2. The highest BCUT2D eigenvalue weighted by molar-refractivity contribution is 5.91. The number of carbonyl (C=O) groups is 2. The van der Waals surface area contributed by atoms with E-state index in [2.05, 4.69) is 24.3 Å². The smallest absolute Gasteiger partial charge is 0.289 e. The van der Waals surface area contributed by atoms with Gasteiger partial charge in [-0.3, -0.25) is 9.59 Å². The Bertz CT molecular complexity index is 775. The minimum absolute atomic E-state index is 0.0383. The number of quaternary nitrogens is 1. The summed E-state index contributed by atoms with van der Waals surface area (Å²) in [4.78, 5) is 30.6. The summed E-state index contributed by atoms with van der Waals surface area (Å²) in [7, 11) is 0. The van der Waals surface area contributed by atoms with E-state index in [1.807, 2.05) is 11.0 Å². The molecular formula is C22H28N3O3+. The zero-order valence-electron chi connectivity index (χ0n) is 16.2. The molecule has 2 saturated heterocycles. The number of benzene rings is 1. The number of piperazine rings is 1. The second-order valence-corrected chi connectivity index (χ2v) is 7.78. The summed E-state index contributed by atoms with van der Waals surface area (Å²) >= 11 is 0. The Balaban J connectivity index is 1.23. The first kappa shape index (κ1) is 18.7. The van der Waals surface area contributed by atoms with Crippen LogP contribution in [0, 0.1) is 5.92 Å². The molecule has 2 aliphatic rings. The van der Waals surface area contributed by atoms with Crippen molar-refractivity contribution >= 4 is 11.8 Å². The van der Waals surface area contributed by atoms with Gasteiger partial charge in [0.25, 0.3) is 5.91 Å². The first-order chi connectivity index (χ1) is 13.7. The Hall–Kier alpha value is -2.60. The molecule has 0 spiro atoms. The van der Waals surface area contributed by atoms with Crippen LogP contribution in [0.4, 0.5) is 0 Å². The Morgan fingerprint density at radius 3 is 2.29 bits per heavy atom. The van der Waals surface area contributed by atoms with Crippen molar-refractivity contribution in [2.45, 2.75) is 19.4 Å². The number of nitrogens with zero attached hydrogens (tertiary/aromatic N) is 2. The lowest BCUT2D eigenvalue weighted by Gasteiger charge is -2.37. The lowest BCUT2D eigenvalue weighted by Crippen LogP contribution is -3.13. The van der Waals surface area contributed by atoms with E-state index < -0.39 is 0 Å². The van der Waals surface area contributed by atoms with Crippen molar-refractivity contribution in [1.29, 1.82) is 0 Å². The van der Waals surface area contributed by atoms with Gasteiger partial charge < -0.3 is 19.1 Å². The van der Waals surface area contributed by atoms with Crippen LogP contribution in [-0.2, 0) is 11.3 Å². The van der Waals surface area contributed by atoms with Crippen molar-refractivity contribution in [3.63, 3.8) is 0 Å². The third kappa shape index (κ3) is 4.28. The summed E-state index contributed by atoms with van der Waals surface area (Å²) in [6.07, 6.45) is 2.99. The van der Waals surface area contributed by atoms with Gasteiger partial charge in [0.1, 0.15) is 6.54 Å². The molecule has 28 heavy (non-hydrogen) atoms. The van der Waals surface area contributed by atoms with E-state index in [4.69, 9.17) is 4.42 Å². The molecule has 0 radical (unpaired) electrons. The maximum absolute atomic E-state index is 12.9. The van der Waals surface area contributed by atoms with Gasteiger partial charge in [-0.15, -0.1) is 0 Å². The molecule has 1 aromatic heterocycles. The van der Waals surface area contributed by atoms with Crippen LogP contribution in [0.3, 0.4) is 0 Å². The van der Waals surface area contributed by atoms with Crippen molar-refractivity contribution in [1.82, 2.24) is 9.80 Å². The molecule has 4 rings (SSSR count). The number of hydrogen-bond acceptors (Lipinski definition) is 3. The molecule has 2 fully saturated rings. The second kappa shape index (κ2) is 8.61. The van der Waals surface area contributed by atoms with Crippen molar-refractivity contribution in [2.24, 2.45) is 5.92 Å². The molecule has 0 saturated carbocycles. The molecule has 2 amide bonds. The standard InChI is InChI=1S/C22H27N3O3/c26-21(19-8-10-24(11-9-19)22(27)20-7-4-16-28-20)25-14-12-23(13-15-25)17-18-5-2-1-3-6-18/h1-7,16,19H,8-15,17H2/p+1. The number of piperidine rings is 1. The van der Waals surface area contributed by atoms with E-state index in [0.29, 0.717) is 18.8 Å². The van der Waals surface area contributed by atoms with E-state index in [1.54, 1.807) is 17.0 Å². The second-order valence-electron chi connectivity index (χ2n) is 7.78. The van der Waals surface area contributed by atoms with E-state index >= 15 is 0 Å². The highest BCUT2D eigenvalue weighted by Gasteiger charge is 2.33. The fraction of sp³-hybridized carbons (Fsp3) is 0.455. The predicted molar refractivity (Wildman–Crippen MR) is 105 cm³/mol. The van der Waals surface area contributed by atoms with Gasteiger partial charge in [0.2, 0.25) is 5.91 Å². The topological polar surface area (TPSA) is 58.2 Å². The molecule has 1 aromatic carbocycles. The Morgan fingerprint density at radius 1 is 0.929 bits per heavy atom. The number of rotatable bonds is 4.